The normalized spacial score (nSPS) is 29.0. The Kier molecular flexibility index (Phi) is 4.77. The fourth-order valence-electron chi connectivity index (χ4n) is 2.27. The Hall–Kier alpha value is -2.00. The van der Waals surface area contributed by atoms with Crippen LogP contribution in [0, 0.1) is 0 Å². The molecule has 120 valence electrons. The molecule has 1 aliphatic rings. The monoisotopic (exact) mass is 311 g/mol. The van der Waals surface area contributed by atoms with Crippen LogP contribution >= 0.6 is 0 Å². The van der Waals surface area contributed by atoms with E-state index < -0.39 is 48.9 Å². The molecule has 8 heteroatoms. The minimum Gasteiger partial charge on any atom is -0.455 e. The summed E-state index contributed by atoms with van der Waals surface area (Å²) in [6.07, 6.45) is -4.68. The number of rotatable bonds is 5. The van der Waals surface area contributed by atoms with E-state index in [1.807, 2.05) is 0 Å². The van der Waals surface area contributed by atoms with Crippen LogP contribution in [0.4, 0.5) is 0 Å². The van der Waals surface area contributed by atoms with E-state index in [0.29, 0.717) is 0 Å². The first-order chi connectivity index (χ1) is 10.5. The highest BCUT2D eigenvalue weighted by Gasteiger charge is 2.59. The molecule has 1 aliphatic heterocycles. The summed E-state index contributed by atoms with van der Waals surface area (Å²) in [5.41, 5.74) is -1.87. The first kappa shape index (κ1) is 16.4. The largest absolute Gasteiger partial charge is 0.455 e. The van der Waals surface area contributed by atoms with Crippen molar-refractivity contribution in [3.63, 3.8) is 0 Å². The molecule has 1 amide bonds. The van der Waals surface area contributed by atoms with Gasteiger partial charge in [-0.05, 0) is 12.1 Å². The van der Waals surface area contributed by atoms with Gasteiger partial charge in [0.2, 0.25) is 0 Å². The van der Waals surface area contributed by atoms with Gasteiger partial charge in [-0.3, -0.25) is 4.79 Å². The van der Waals surface area contributed by atoms with Crippen LogP contribution in [0.1, 0.15) is 10.4 Å². The van der Waals surface area contributed by atoms with Crippen LogP contribution in [0.15, 0.2) is 30.3 Å². The van der Waals surface area contributed by atoms with Gasteiger partial charge in [-0.25, -0.2) is 4.79 Å². The molecular weight excluding hydrogens is 294 g/mol. The zero-order valence-corrected chi connectivity index (χ0v) is 11.5. The molecule has 0 radical (unpaired) electrons. The third kappa shape index (κ3) is 2.69. The molecule has 0 saturated carbocycles. The number of hydrogen-bond donors (Lipinski definition) is 5. The molecule has 0 bridgehead atoms. The van der Waals surface area contributed by atoms with Crippen molar-refractivity contribution < 1.29 is 34.8 Å². The summed E-state index contributed by atoms with van der Waals surface area (Å²) in [7, 11) is 0. The summed E-state index contributed by atoms with van der Waals surface area (Å²) in [6, 6.07) is 7.91. The first-order valence-electron chi connectivity index (χ1n) is 6.62. The highest BCUT2D eigenvalue weighted by Crippen LogP contribution is 2.28. The summed E-state index contributed by atoms with van der Waals surface area (Å²) in [4.78, 5) is 24.1. The van der Waals surface area contributed by atoms with Gasteiger partial charge in [-0.1, -0.05) is 18.2 Å². The second-order valence-corrected chi connectivity index (χ2v) is 5.01. The lowest BCUT2D eigenvalue weighted by Gasteiger charge is -2.28. The molecule has 1 fully saturated rings. The molecule has 0 aliphatic carbocycles. The number of benzene rings is 1. The fourth-order valence-corrected chi connectivity index (χ4v) is 2.27. The molecule has 1 heterocycles. The summed E-state index contributed by atoms with van der Waals surface area (Å²) in [5.74, 6) is -1.77. The molecule has 1 saturated heterocycles. The highest BCUT2D eigenvalue weighted by molar-refractivity contribution is 5.99. The zero-order chi connectivity index (χ0) is 16.3. The van der Waals surface area contributed by atoms with E-state index in [-0.39, 0.29) is 5.56 Å². The van der Waals surface area contributed by atoms with Crippen molar-refractivity contribution in [2.45, 2.75) is 23.9 Å². The molecule has 5 N–H and O–H groups in total. The molecule has 0 aromatic heterocycles. The standard InChI is InChI=1S/C14H17NO7/c16-6-9(18)10-11(19)14(7-17,13(21)22-10)15-12(20)8-4-2-1-3-5-8/h1-5,9-11,16-19H,6-7H2,(H,15,20)/t9-,10+,11-,14-/m0/s1. The van der Waals surface area contributed by atoms with E-state index in [1.165, 1.54) is 12.1 Å². The van der Waals surface area contributed by atoms with Gasteiger partial charge in [0.15, 0.2) is 11.6 Å². The van der Waals surface area contributed by atoms with E-state index in [4.69, 9.17) is 9.84 Å². The van der Waals surface area contributed by atoms with Gasteiger partial charge in [-0.2, -0.15) is 0 Å². The topological polar surface area (TPSA) is 136 Å². The molecule has 1 aromatic carbocycles. The Morgan fingerprint density at radius 1 is 1.32 bits per heavy atom. The lowest BCUT2D eigenvalue weighted by Crippen LogP contribution is -2.63. The van der Waals surface area contributed by atoms with E-state index in [0.717, 1.165) is 0 Å². The maximum absolute atomic E-state index is 12.1. The summed E-state index contributed by atoms with van der Waals surface area (Å²) in [6.45, 7) is -1.66. The third-order valence-corrected chi connectivity index (χ3v) is 3.61. The SMILES string of the molecule is O=C(N[C@]1(CO)C(=O)O[C@H]([C@@H](O)CO)[C@@H]1O)c1ccccc1. The van der Waals surface area contributed by atoms with Crippen LogP contribution in [0.2, 0.25) is 0 Å². The molecule has 0 unspecified atom stereocenters. The summed E-state index contributed by atoms with van der Waals surface area (Å²) >= 11 is 0. The number of carbonyl (C=O) groups excluding carboxylic acids is 2. The van der Waals surface area contributed by atoms with E-state index in [1.54, 1.807) is 18.2 Å². The Balaban J connectivity index is 2.25. The number of carbonyl (C=O) groups is 2. The third-order valence-electron chi connectivity index (χ3n) is 3.61. The Morgan fingerprint density at radius 3 is 2.50 bits per heavy atom. The lowest BCUT2D eigenvalue weighted by molar-refractivity contribution is -0.151. The molecule has 0 spiro atoms. The number of nitrogens with one attached hydrogen (secondary N) is 1. The highest BCUT2D eigenvalue weighted by atomic mass is 16.6. The maximum atomic E-state index is 12.1. The molecule has 8 nitrogen and oxygen atoms in total. The van der Waals surface area contributed by atoms with Crippen LogP contribution in [0.5, 0.6) is 0 Å². The van der Waals surface area contributed by atoms with E-state index >= 15 is 0 Å². The van der Waals surface area contributed by atoms with Crippen LogP contribution < -0.4 is 5.32 Å². The van der Waals surface area contributed by atoms with Crippen molar-refractivity contribution in [2.75, 3.05) is 13.2 Å². The van der Waals surface area contributed by atoms with Gasteiger partial charge < -0.3 is 30.5 Å². The maximum Gasteiger partial charge on any atom is 0.337 e. The number of amides is 1. The number of cyclic esters (lactones) is 1. The van der Waals surface area contributed by atoms with Gasteiger partial charge in [0.25, 0.3) is 5.91 Å². The van der Waals surface area contributed by atoms with E-state index in [2.05, 4.69) is 5.32 Å². The fraction of sp³-hybridized carbons (Fsp3) is 0.429. The van der Waals surface area contributed by atoms with Crippen molar-refractivity contribution in [3.8, 4) is 0 Å². The Labute approximate surface area is 126 Å². The summed E-state index contributed by atoms with van der Waals surface area (Å²) in [5, 5.41) is 40.4. The molecule has 4 atom stereocenters. The number of hydrogen-bond acceptors (Lipinski definition) is 7. The van der Waals surface area contributed by atoms with Gasteiger partial charge in [-0.15, -0.1) is 0 Å². The molecule has 22 heavy (non-hydrogen) atoms. The van der Waals surface area contributed by atoms with Crippen molar-refractivity contribution in [2.24, 2.45) is 0 Å². The Bertz CT molecular complexity index is 549. The average Bonchev–Trinajstić information content (AvgIpc) is 2.79. The van der Waals surface area contributed by atoms with Crippen molar-refractivity contribution in [1.29, 1.82) is 0 Å². The quantitative estimate of drug-likeness (QED) is 0.389. The summed E-state index contributed by atoms with van der Waals surface area (Å²) < 4.78 is 4.80. The van der Waals surface area contributed by atoms with Gasteiger partial charge in [0.05, 0.1) is 13.2 Å². The van der Waals surface area contributed by atoms with Gasteiger partial charge in [0, 0.05) is 5.56 Å². The minimum absolute atomic E-state index is 0.224. The lowest BCUT2D eigenvalue weighted by atomic mass is 9.90. The van der Waals surface area contributed by atoms with Crippen LogP contribution in [0.25, 0.3) is 0 Å². The van der Waals surface area contributed by atoms with Crippen LogP contribution in [-0.4, -0.2) is 69.4 Å². The average molecular weight is 311 g/mol. The smallest absolute Gasteiger partial charge is 0.337 e. The number of aliphatic hydroxyl groups excluding tert-OH is 4. The Morgan fingerprint density at radius 2 is 1.95 bits per heavy atom. The number of ether oxygens (including phenoxy) is 1. The molecular formula is C14H17NO7. The second kappa shape index (κ2) is 6.41. The second-order valence-electron chi connectivity index (χ2n) is 5.01. The van der Waals surface area contributed by atoms with Gasteiger partial charge >= 0.3 is 5.97 Å². The van der Waals surface area contributed by atoms with Crippen molar-refractivity contribution >= 4 is 11.9 Å². The van der Waals surface area contributed by atoms with Crippen molar-refractivity contribution in [3.05, 3.63) is 35.9 Å². The van der Waals surface area contributed by atoms with Crippen LogP contribution in [-0.2, 0) is 9.53 Å². The molecule has 1 aromatic rings. The van der Waals surface area contributed by atoms with Crippen LogP contribution in [0.3, 0.4) is 0 Å². The number of esters is 1. The predicted octanol–water partition coefficient (Wildman–Crippen LogP) is -2.21. The van der Waals surface area contributed by atoms with Gasteiger partial charge in [0.1, 0.15) is 12.2 Å². The number of aliphatic hydroxyl groups is 4. The zero-order valence-electron chi connectivity index (χ0n) is 11.5. The van der Waals surface area contributed by atoms with Crippen molar-refractivity contribution in [1.82, 2.24) is 5.32 Å². The predicted molar refractivity (Wildman–Crippen MR) is 72.7 cm³/mol. The minimum atomic E-state index is -2.09. The molecule has 2 rings (SSSR count). The van der Waals surface area contributed by atoms with E-state index in [9.17, 15) is 24.9 Å². The first-order valence-corrected chi connectivity index (χ1v) is 6.62.